The van der Waals surface area contributed by atoms with E-state index in [1.165, 1.54) is 0 Å². The molecule has 0 bridgehead atoms. The fourth-order valence-corrected chi connectivity index (χ4v) is 3.83. The number of esters is 1. The number of thiol groups is 1. The Hall–Kier alpha value is -3.25. The van der Waals surface area contributed by atoms with Crippen LogP contribution in [0.25, 0.3) is 5.57 Å². The van der Waals surface area contributed by atoms with Crippen molar-refractivity contribution in [2.45, 2.75) is 0 Å². The van der Waals surface area contributed by atoms with Crippen LogP contribution in [0, 0.1) is 0 Å². The first-order valence-corrected chi connectivity index (χ1v) is 11.9. The highest BCUT2D eigenvalue weighted by Crippen LogP contribution is 2.34. The lowest BCUT2D eigenvalue weighted by Gasteiger charge is -2.20. The number of hydrogen-bond acceptors (Lipinski definition) is 5. The molecular formula is C28H34N3O2S+. The minimum Gasteiger partial charge on any atom is -0.461 e. The van der Waals surface area contributed by atoms with E-state index in [-0.39, 0.29) is 12.6 Å². The lowest BCUT2D eigenvalue weighted by molar-refractivity contribution is -0.462. The Balaban J connectivity index is 2.26. The van der Waals surface area contributed by atoms with Crippen LogP contribution in [-0.2, 0) is 4.74 Å². The second-order valence-corrected chi connectivity index (χ2v) is 9.19. The first kappa shape index (κ1) is 25.4. The summed E-state index contributed by atoms with van der Waals surface area (Å²) < 4.78 is 7.59. The molecule has 34 heavy (non-hydrogen) atoms. The number of carbonyl (C=O) groups is 1. The van der Waals surface area contributed by atoms with Gasteiger partial charge in [-0.05, 0) is 58.7 Å². The highest BCUT2D eigenvalue weighted by Gasteiger charge is 2.21. The van der Waals surface area contributed by atoms with Gasteiger partial charge in [0.25, 0.3) is 0 Å². The molecule has 0 aromatic heterocycles. The Morgan fingerprint density at radius 1 is 0.853 bits per heavy atom. The average molecular weight is 477 g/mol. The van der Waals surface area contributed by atoms with Crippen LogP contribution < -0.4 is 9.80 Å². The van der Waals surface area contributed by atoms with Crippen LogP contribution in [0.2, 0.25) is 0 Å². The number of benzene rings is 2. The second-order valence-electron chi connectivity index (χ2n) is 8.74. The van der Waals surface area contributed by atoms with Gasteiger partial charge in [-0.2, -0.15) is 12.6 Å². The lowest BCUT2D eigenvalue weighted by Crippen LogP contribution is -2.14. The van der Waals surface area contributed by atoms with Crippen molar-refractivity contribution in [2.75, 3.05) is 64.4 Å². The van der Waals surface area contributed by atoms with Crippen LogP contribution >= 0.6 is 12.6 Å². The fourth-order valence-electron chi connectivity index (χ4n) is 3.74. The summed E-state index contributed by atoms with van der Waals surface area (Å²) in [6.07, 6.45) is 8.40. The normalized spacial score (nSPS) is 12.6. The summed E-state index contributed by atoms with van der Waals surface area (Å²) in [4.78, 5) is 17.2. The van der Waals surface area contributed by atoms with Crippen molar-refractivity contribution >= 4 is 41.3 Å². The van der Waals surface area contributed by atoms with Gasteiger partial charge in [-0.3, -0.25) is 0 Å². The summed E-state index contributed by atoms with van der Waals surface area (Å²) in [5.41, 5.74) is 7.59. The Bertz CT molecular complexity index is 1150. The Labute approximate surface area is 208 Å². The molecule has 6 heteroatoms. The summed E-state index contributed by atoms with van der Waals surface area (Å²) in [7, 11) is 12.0. The van der Waals surface area contributed by atoms with E-state index in [2.05, 4.69) is 70.7 Å². The zero-order valence-corrected chi connectivity index (χ0v) is 21.8. The largest absolute Gasteiger partial charge is 0.461 e. The minimum absolute atomic E-state index is 0.262. The summed E-state index contributed by atoms with van der Waals surface area (Å²) in [6.45, 7) is 0.262. The van der Waals surface area contributed by atoms with Gasteiger partial charge in [0.2, 0.25) is 0 Å². The van der Waals surface area contributed by atoms with Crippen LogP contribution in [0.1, 0.15) is 21.5 Å². The maximum Gasteiger partial charge on any atom is 0.338 e. The zero-order valence-electron chi connectivity index (χ0n) is 20.9. The highest BCUT2D eigenvalue weighted by atomic mass is 32.1. The third-order valence-corrected chi connectivity index (χ3v) is 5.86. The maximum atomic E-state index is 13.2. The fraction of sp³-hybridized carbons (Fsp3) is 0.286. The van der Waals surface area contributed by atoms with Crippen molar-refractivity contribution in [1.82, 2.24) is 0 Å². The topological polar surface area (TPSA) is 35.8 Å². The van der Waals surface area contributed by atoms with Gasteiger partial charge in [0.1, 0.15) is 20.7 Å². The first-order chi connectivity index (χ1) is 16.2. The third-order valence-electron chi connectivity index (χ3n) is 5.68. The standard InChI is InChI=1S/C28H33N3O2S/c1-29(2)22-11-7-20(8-12-22)27(21-9-13-23(14-10-21)30(3)4)25-16-15-24(31(5)6)19-26(25)28(32)33-17-18-34/h7-16,19H,17-18H2,1-6H3/p+1. The van der Waals surface area contributed by atoms with Gasteiger partial charge < -0.3 is 14.5 Å². The summed E-state index contributed by atoms with van der Waals surface area (Å²) >= 11 is 4.20. The molecule has 2 aromatic rings. The van der Waals surface area contributed by atoms with Crippen molar-refractivity contribution in [2.24, 2.45) is 0 Å². The third kappa shape index (κ3) is 5.81. The van der Waals surface area contributed by atoms with Gasteiger partial charge in [0, 0.05) is 57.5 Å². The van der Waals surface area contributed by atoms with Gasteiger partial charge in [-0.25, -0.2) is 9.37 Å². The first-order valence-electron chi connectivity index (χ1n) is 11.2. The second kappa shape index (κ2) is 11.3. The molecule has 1 aliphatic carbocycles. The number of rotatable bonds is 7. The molecule has 2 aromatic carbocycles. The zero-order chi connectivity index (χ0) is 24.8. The summed E-state index contributed by atoms with van der Waals surface area (Å²) in [6, 6.07) is 14.3. The van der Waals surface area contributed by atoms with Crippen LogP contribution in [0.3, 0.4) is 0 Å². The lowest BCUT2D eigenvalue weighted by atomic mass is 9.87. The van der Waals surface area contributed by atoms with Crippen molar-refractivity contribution in [1.29, 1.82) is 0 Å². The van der Waals surface area contributed by atoms with E-state index in [0.29, 0.717) is 11.3 Å². The van der Waals surface area contributed by atoms with Gasteiger partial charge >= 0.3 is 5.97 Å². The van der Waals surface area contributed by atoms with Gasteiger partial charge in [0.15, 0.2) is 5.71 Å². The summed E-state index contributed by atoms with van der Waals surface area (Å²) in [5.74, 6) is 0.128. The molecule has 0 heterocycles. The number of ether oxygens (including phenoxy) is 1. The van der Waals surface area contributed by atoms with E-state index in [4.69, 9.17) is 4.74 Å². The molecule has 0 N–H and O–H groups in total. The molecule has 3 rings (SSSR count). The molecule has 178 valence electrons. The van der Waals surface area contributed by atoms with Crippen LogP contribution in [0.15, 0.2) is 72.3 Å². The molecule has 0 spiro atoms. The molecule has 0 unspecified atom stereocenters. The molecule has 5 nitrogen and oxygen atoms in total. The van der Waals surface area contributed by atoms with Crippen molar-refractivity contribution in [3.63, 3.8) is 0 Å². The predicted molar refractivity (Wildman–Crippen MR) is 147 cm³/mol. The van der Waals surface area contributed by atoms with E-state index in [1.807, 2.05) is 65.4 Å². The van der Waals surface area contributed by atoms with Crippen molar-refractivity contribution < 1.29 is 14.1 Å². The molecular weight excluding hydrogens is 442 g/mol. The Kier molecular flexibility index (Phi) is 8.40. The van der Waals surface area contributed by atoms with Gasteiger partial charge in [-0.1, -0.05) is 18.2 Å². The quantitative estimate of drug-likeness (QED) is 0.361. The highest BCUT2D eigenvalue weighted by molar-refractivity contribution is 7.80. The van der Waals surface area contributed by atoms with E-state index in [9.17, 15) is 4.79 Å². The molecule has 0 fully saturated rings. The number of nitrogens with zero attached hydrogens (tertiary/aromatic N) is 3. The Morgan fingerprint density at radius 2 is 1.44 bits per heavy atom. The van der Waals surface area contributed by atoms with Crippen LogP contribution in [0.5, 0.6) is 0 Å². The molecule has 0 amide bonds. The molecule has 0 atom stereocenters. The van der Waals surface area contributed by atoms with Gasteiger partial charge in [0.05, 0.1) is 5.56 Å². The number of allylic oxidation sites excluding steroid dienone is 5. The SMILES string of the molecule is CN(C)c1ccc(C(=C2C=CC(=[N+](C)C)C=C2)c2ccc(N(C)C)cc2C(=O)OCCS)cc1. The molecule has 0 saturated heterocycles. The van der Waals surface area contributed by atoms with Crippen LogP contribution in [-0.4, -0.2) is 70.9 Å². The van der Waals surface area contributed by atoms with E-state index < -0.39 is 0 Å². The number of carbonyl (C=O) groups excluding carboxylic acids is 1. The number of anilines is 2. The average Bonchev–Trinajstić information content (AvgIpc) is 2.83. The van der Waals surface area contributed by atoms with E-state index in [1.54, 1.807) is 0 Å². The van der Waals surface area contributed by atoms with E-state index >= 15 is 0 Å². The molecule has 0 radical (unpaired) electrons. The Morgan fingerprint density at radius 3 is 1.97 bits per heavy atom. The smallest absolute Gasteiger partial charge is 0.338 e. The molecule has 0 aliphatic heterocycles. The maximum absolute atomic E-state index is 13.2. The summed E-state index contributed by atoms with van der Waals surface area (Å²) in [5, 5.41) is 0. The molecule has 0 saturated carbocycles. The molecule has 1 aliphatic rings. The van der Waals surface area contributed by atoms with Gasteiger partial charge in [-0.15, -0.1) is 0 Å². The van der Waals surface area contributed by atoms with Crippen molar-refractivity contribution in [3.8, 4) is 0 Å². The monoisotopic (exact) mass is 476 g/mol. The predicted octanol–water partition coefficient (Wildman–Crippen LogP) is 4.55. The number of hydrogen-bond donors (Lipinski definition) is 1. The minimum atomic E-state index is -0.347. The van der Waals surface area contributed by atoms with Crippen LogP contribution in [0.4, 0.5) is 11.4 Å². The van der Waals surface area contributed by atoms with E-state index in [0.717, 1.165) is 39.4 Å². The van der Waals surface area contributed by atoms with Crippen molar-refractivity contribution in [3.05, 3.63) is 89.0 Å².